The molecule has 2 aromatic heterocycles. The highest BCUT2D eigenvalue weighted by molar-refractivity contribution is 7.15. The van der Waals surface area contributed by atoms with Crippen LogP contribution in [0.25, 0.3) is 16.2 Å². The maximum atomic E-state index is 13.2. The Morgan fingerprint density at radius 2 is 2.00 bits per heavy atom. The zero-order valence-electron chi connectivity index (χ0n) is 15.8. The summed E-state index contributed by atoms with van der Waals surface area (Å²) in [6, 6.07) is 9.98. The number of fused-ring (bicyclic) bond motifs is 1. The topological polar surface area (TPSA) is 57.9 Å². The number of aromatic nitrogens is 2. The van der Waals surface area contributed by atoms with Crippen molar-refractivity contribution in [1.82, 2.24) is 19.2 Å². The SMILES string of the molecule is CN1CCCC2(CCN(C(=O)c3csc4nc(-c5ccccc5)cn34)C2)C1=O. The molecule has 7 heteroatoms. The summed E-state index contributed by atoms with van der Waals surface area (Å²) in [4.78, 5) is 35.1. The zero-order valence-corrected chi connectivity index (χ0v) is 16.6. The molecular weight excluding hydrogens is 372 g/mol. The maximum absolute atomic E-state index is 13.2. The summed E-state index contributed by atoms with van der Waals surface area (Å²) in [6.45, 7) is 1.97. The molecule has 0 radical (unpaired) electrons. The predicted molar refractivity (Wildman–Crippen MR) is 108 cm³/mol. The minimum atomic E-state index is -0.387. The van der Waals surface area contributed by atoms with Crippen molar-refractivity contribution in [2.24, 2.45) is 5.41 Å². The molecule has 28 heavy (non-hydrogen) atoms. The standard InChI is InChI=1S/C21H22N4O2S/c1-23-10-5-8-21(19(23)27)9-11-24(14-21)18(26)17-13-28-20-22-16(12-25(17)20)15-6-3-2-4-7-15/h2-4,6-7,12-13H,5,8-11,14H2,1H3. The summed E-state index contributed by atoms with van der Waals surface area (Å²) in [6.07, 6.45) is 4.57. The van der Waals surface area contributed by atoms with Gasteiger partial charge >= 0.3 is 0 Å². The number of hydrogen-bond donors (Lipinski definition) is 0. The molecular formula is C21H22N4O2S. The smallest absolute Gasteiger partial charge is 0.271 e. The number of nitrogens with zero attached hydrogens (tertiary/aromatic N) is 4. The van der Waals surface area contributed by atoms with Crippen LogP contribution in [-0.4, -0.2) is 57.7 Å². The Kier molecular flexibility index (Phi) is 4.01. The molecule has 144 valence electrons. The van der Waals surface area contributed by atoms with Crippen LogP contribution in [-0.2, 0) is 4.79 Å². The van der Waals surface area contributed by atoms with Gasteiger partial charge in [-0.2, -0.15) is 0 Å². The lowest BCUT2D eigenvalue weighted by atomic mass is 9.78. The fraction of sp³-hybridized carbons (Fsp3) is 0.381. The molecule has 0 N–H and O–H groups in total. The molecule has 6 nitrogen and oxygen atoms in total. The Morgan fingerprint density at radius 3 is 2.82 bits per heavy atom. The highest BCUT2D eigenvalue weighted by Crippen LogP contribution is 2.40. The van der Waals surface area contributed by atoms with Crippen molar-refractivity contribution in [3.8, 4) is 11.3 Å². The lowest BCUT2D eigenvalue weighted by Crippen LogP contribution is -2.48. The van der Waals surface area contributed by atoms with Crippen LogP contribution < -0.4 is 0 Å². The third kappa shape index (κ3) is 2.64. The van der Waals surface area contributed by atoms with Gasteiger partial charge in [0.2, 0.25) is 5.91 Å². The van der Waals surface area contributed by atoms with Gasteiger partial charge < -0.3 is 9.80 Å². The fourth-order valence-corrected chi connectivity index (χ4v) is 5.39. The van der Waals surface area contributed by atoms with E-state index in [2.05, 4.69) is 4.98 Å². The molecule has 2 amide bonds. The van der Waals surface area contributed by atoms with E-state index in [1.807, 2.05) is 63.2 Å². The minimum Gasteiger partial charge on any atom is -0.345 e. The van der Waals surface area contributed by atoms with E-state index < -0.39 is 0 Å². The van der Waals surface area contributed by atoms with Crippen LogP contribution in [0, 0.1) is 5.41 Å². The van der Waals surface area contributed by atoms with Gasteiger partial charge in [-0.1, -0.05) is 30.3 Å². The number of thiazole rings is 1. The number of amides is 2. The molecule has 0 aliphatic carbocycles. The maximum Gasteiger partial charge on any atom is 0.271 e. The largest absolute Gasteiger partial charge is 0.345 e. The summed E-state index contributed by atoms with van der Waals surface area (Å²) in [5.41, 5.74) is 2.14. The highest BCUT2D eigenvalue weighted by Gasteiger charge is 2.48. The summed E-state index contributed by atoms with van der Waals surface area (Å²) < 4.78 is 1.88. The van der Waals surface area contributed by atoms with E-state index in [1.54, 1.807) is 0 Å². The number of carbonyl (C=O) groups excluding carboxylic acids is 2. The molecule has 4 heterocycles. The zero-order chi connectivity index (χ0) is 19.3. The number of imidazole rings is 1. The third-order valence-electron chi connectivity index (χ3n) is 6.09. The van der Waals surface area contributed by atoms with Crippen LogP contribution in [0.2, 0.25) is 0 Å². The quantitative estimate of drug-likeness (QED) is 0.671. The first-order valence-electron chi connectivity index (χ1n) is 9.64. The molecule has 1 unspecified atom stereocenters. The normalized spacial score (nSPS) is 22.5. The van der Waals surface area contributed by atoms with Crippen molar-refractivity contribution in [3.63, 3.8) is 0 Å². The summed E-state index contributed by atoms with van der Waals surface area (Å²) in [5, 5.41) is 1.87. The number of benzene rings is 1. The molecule has 1 aromatic carbocycles. The molecule has 1 spiro atoms. The van der Waals surface area contributed by atoms with E-state index in [4.69, 9.17) is 0 Å². The number of likely N-dealkylation sites (tertiary alicyclic amines) is 2. The van der Waals surface area contributed by atoms with E-state index in [-0.39, 0.29) is 17.2 Å². The number of rotatable bonds is 2. The summed E-state index contributed by atoms with van der Waals surface area (Å²) >= 11 is 1.47. The average Bonchev–Trinajstić information content (AvgIpc) is 3.41. The Labute approximate surface area is 167 Å². The van der Waals surface area contributed by atoms with Gasteiger partial charge in [0.15, 0.2) is 4.96 Å². The Hall–Kier alpha value is -2.67. The monoisotopic (exact) mass is 394 g/mol. The van der Waals surface area contributed by atoms with Gasteiger partial charge in [-0.3, -0.25) is 14.0 Å². The van der Waals surface area contributed by atoms with E-state index in [0.717, 1.165) is 42.0 Å². The van der Waals surface area contributed by atoms with Gasteiger partial charge in [0, 0.05) is 43.8 Å². The third-order valence-corrected chi connectivity index (χ3v) is 6.93. The van der Waals surface area contributed by atoms with Gasteiger partial charge in [0.1, 0.15) is 5.69 Å². The predicted octanol–water partition coefficient (Wildman–Crippen LogP) is 3.15. The lowest BCUT2D eigenvalue weighted by molar-refractivity contribution is -0.143. The first kappa shape index (κ1) is 17.4. The lowest BCUT2D eigenvalue weighted by Gasteiger charge is -2.37. The Bertz CT molecular complexity index is 1060. The van der Waals surface area contributed by atoms with E-state index in [9.17, 15) is 9.59 Å². The van der Waals surface area contributed by atoms with Crippen LogP contribution in [0.15, 0.2) is 41.9 Å². The van der Waals surface area contributed by atoms with Gasteiger partial charge in [0.05, 0.1) is 11.1 Å². The van der Waals surface area contributed by atoms with Crippen molar-refractivity contribution in [2.45, 2.75) is 19.3 Å². The summed E-state index contributed by atoms with van der Waals surface area (Å²) in [7, 11) is 1.87. The van der Waals surface area contributed by atoms with Crippen molar-refractivity contribution in [1.29, 1.82) is 0 Å². The van der Waals surface area contributed by atoms with Crippen LogP contribution in [0.3, 0.4) is 0 Å². The minimum absolute atomic E-state index is 0.0128. The first-order valence-corrected chi connectivity index (χ1v) is 10.5. The van der Waals surface area contributed by atoms with Crippen LogP contribution >= 0.6 is 11.3 Å². The van der Waals surface area contributed by atoms with E-state index in [0.29, 0.717) is 18.8 Å². The average molecular weight is 395 g/mol. The van der Waals surface area contributed by atoms with E-state index in [1.165, 1.54) is 11.3 Å². The molecule has 1 atom stereocenters. The van der Waals surface area contributed by atoms with Crippen LogP contribution in [0.1, 0.15) is 29.8 Å². The Morgan fingerprint density at radius 1 is 1.18 bits per heavy atom. The Balaban J connectivity index is 1.42. The van der Waals surface area contributed by atoms with Crippen molar-refractivity contribution >= 4 is 28.1 Å². The van der Waals surface area contributed by atoms with Crippen molar-refractivity contribution in [3.05, 3.63) is 47.6 Å². The molecule has 2 saturated heterocycles. The van der Waals surface area contributed by atoms with Crippen molar-refractivity contribution in [2.75, 3.05) is 26.7 Å². The van der Waals surface area contributed by atoms with Gasteiger partial charge in [-0.15, -0.1) is 11.3 Å². The first-order chi connectivity index (χ1) is 13.6. The highest BCUT2D eigenvalue weighted by atomic mass is 32.1. The number of carbonyl (C=O) groups is 2. The van der Waals surface area contributed by atoms with Gasteiger partial charge in [-0.05, 0) is 19.3 Å². The summed E-state index contributed by atoms with van der Waals surface area (Å²) in [5.74, 6) is 0.180. The molecule has 3 aromatic rings. The van der Waals surface area contributed by atoms with E-state index >= 15 is 0 Å². The van der Waals surface area contributed by atoms with Crippen LogP contribution in [0.5, 0.6) is 0 Å². The number of hydrogen-bond acceptors (Lipinski definition) is 4. The van der Waals surface area contributed by atoms with Crippen LogP contribution in [0.4, 0.5) is 0 Å². The van der Waals surface area contributed by atoms with Gasteiger partial charge in [-0.25, -0.2) is 4.98 Å². The second kappa shape index (κ2) is 6.44. The molecule has 5 rings (SSSR count). The second-order valence-electron chi connectivity index (χ2n) is 7.85. The second-order valence-corrected chi connectivity index (χ2v) is 8.69. The fourth-order valence-electron chi connectivity index (χ4n) is 4.54. The molecule has 2 aliphatic heterocycles. The van der Waals surface area contributed by atoms with Gasteiger partial charge in [0.25, 0.3) is 5.91 Å². The molecule has 0 saturated carbocycles. The molecule has 0 bridgehead atoms. The molecule has 2 fully saturated rings. The number of piperidine rings is 1. The molecule has 2 aliphatic rings. The van der Waals surface area contributed by atoms with Crippen molar-refractivity contribution < 1.29 is 9.59 Å².